The molecule has 98 valence electrons. The van der Waals surface area contributed by atoms with Gasteiger partial charge in [-0.25, -0.2) is 0 Å². The minimum absolute atomic E-state index is 0.00435. The first kappa shape index (κ1) is 12.9. The first-order valence-corrected chi connectivity index (χ1v) is 6.36. The van der Waals surface area contributed by atoms with Crippen molar-refractivity contribution in [1.29, 1.82) is 0 Å². The maximum atomic E-state index is 12.2. The molecule has 4 nitrogen and oxygen atoms in total. The van der Waals surface area contributed by atoms with E-state index in [1.54, 1.807) is 13.0 Å². The fraction of sp³-hybridized carbons (Fsp3) is 0.500. The van der Waals surface area contributed by atoms with E-state index in [9.17, 15) is 15.0 Å². The molecule has 1 aromatic rings. The lowest BCUT2D eigenvalue weighted by molar-refractivity contribution is 0.0914. The van der Waals surface area contributed by atoms with Gasteiger partial charge in [0.25, 0.3) is 0 Å². The van der Waals surface area contributed by atoms with Crippen LogP contribution in [0.4, 0.5) is 0 Å². The molecule has 1 aliphatic heterocycles. The predicted octanol–water partition coefficient (Wildman–Crippen LogP) is 2.07. The Morgan fingerprint density at radius 2 is 1.89 bits per heavy atom. The highest BCUT2D eigenvalue weighted by atomic mass is 16.3. The summed E-state index contributed by atoms with van der Waals surface area (Å²) < 4.78 is 0. The van der Waals surface area contributed by atoms with Gasteiger partial charge in [0.05, 0.1) is 6.54 Å². The predicted molar refractivity (Wildman–Crippen MR) is 69.1 cm³/mol. The van der Waals surface area contributed by atoms with Gasteiger partial charge in [-0.1, -0.05) is 6.42 Å². The van der Waals surface area contributed by atoms with Crippen LogP contribution in [0.15, 0.2) is 12.1 Å². The standard InChI is InChI=1S/C14H19NO3/c1-10-11(5-6-12(16)14(10)18)13(17)9-15-7-3-2-4-8-15/h5-6,16,18H,2-4,7-9H2,1H3. The summed E-state index contributed by atoms with van der Waals surface area (Å²) >= 11 is 0. The third kappa shape index (κ3) is 2.64. The molecule has 2 N–H and O–H groups in total. The number of phenols is 2. The quantitative estimate of drug-likeness (QED) is 0.636. The number of ketones is 1. The summed E-state index contributed by atoms with van der Waals surface area (Å²) in [6.45, 7) is 3.98. The fourth-order valence-electron chi connectivity index (χ4n) is 2.39. The summed E-state index contributed by atoms with van der Waals surface area (Å²) in [5.74, 6) is -0.369. The summed E-state index contributed by atoms with van der Waals surface area (Å²) in [6, 6.07) is 2.95. The molecular formula is C14H19NO3. The zero-order valence-corrected chi connectivity index (χ0v) is 10.6. The summed E-state index contributed by atoms with van der Waals surface area (Å²) in [6.07, 6.45) is 3.53. The van der Waals surface area contributed by atoms with E-state index < -0.39 is 0 Å². The summed E-state index contributed by atoms with van der Waals surface area (Å²) in [4.78, 5) is 14.3. The van der Waals surface area contributed by atoms with Crippen LogP contribution in [-0.4, -0.2) is 40.5 Å². The van der Waals surface area contributed by atoms with Gasteiger partial charge in [-0.05, 0) is 45.0 Å². The van der Waals surface area contributed by atoms with E-state index >= 15 is 0 Å². The second kappa shape index (κ2) is 5.40. The number of benzene rings is 1. The number of phenolic OH excluding ortho intramolecular Hbond substituents is 2. The molecule has 0 bridgehead atoms. The molecule has 0 saturated carbocycles. The Hall–Kier alpha value is -1.55. The molecule has 0 spiro atoms. The Kier molecular flexibility index (Phi) is 3.87. The second-order valence-electron chi connectivity index (χ2n) is 4.87. The first-order valence-electron chi connectivity index (χ1n) is 6.36. The smallest absolute Gasteiger partial charge is 0.177 e. The summed E-state index contributed by atoms with van der Waals surface area (Å²) in [5, 5.41) is 19.0. The number of aromatic hydroxyl groups is 2. The minimum atomic E-state index is -0.195. The number of piperidine rings is 1. The van der Waals surface area contributed by atoms with Crippen molar-refractivity contribution in [2.75, 3.05) is 19.6 Å². The normalized spacial score (nSPS) is 16.7. The monoisotopic (exact) mass is 249 g/mol. The lowest BCUT2D eigenvalue weighted by atomic mass is 10.0. The van der Waals surface area contributed by atoms with Crippen molar-refractivity contribution >= 4 is 5.78 Å². The number of Topliss-reactive ketones (excluding diaryl/α,β-unsaturated/α-hetero) is 1. The van der Waals surface area contributed by atoms with E-state index in [0.29, 0.717) is 17.7 Å². The molecule has 0 unspecified atom stereocenters. The molecule has 1 saturated heterocycles. The summed E-state index contributed by atoms with van der Waals surface area (Å²) in [5.41, 5.74) is 0.952. The van der Waals surface area contributed by atoms with Crippen LogP contribution in [0, 0.1) is 6.92 Å². The van der Waals surface area contributed by atoms with Crippen LogP contribution in [0.3, 0.4) is 0 Å². The maximum absolute atomic E-state index is 12.2. The van der Waals surface area contributed by atoms with Crippen molar-refractivity contribution in [2.24, 2.45) is 0 Å². The summed E-state index contributed by atoms with van der Waals surface area (Å²) in [7, 11) is 0. The van der Waals surface area contributed by atoms with Crippen LogP contribution in [0.2, 0.25) is 0 Å². The molecule has 2 rings (SSSR count). The van der Waals surface area contributed by atoms with Gasteiger partial charge in [-0.2, -0.15) is 0 Å². The average Bonchev–Trinajstić information content (AvgIpc) is 2.37. The largest absolute Gasteiger partial charge is 0.504 e. The van der Waals surface area contributed by atoms with E-state index in [4.69, 9.17) is 0 Å². The lowest BCUT2D eigenvalue weighted by Crippen LogP contribution is -2.34. The maximum Gasteiger partial charge on any atom is 0.177 e. The zero-order chi connectivity index (χ0) is 13.1. The van der Waals surface area contributed by atoms with E-state index in [1.165, 1.54) is 12.5 Å². The Morgan fingerprint density at radius 1 is 1.22 bits per heavy atom. The third-order valence-electron chi connectivity index (χ3n) is 3.53. The van der Waals surface area contributed by atoms with Gasteiger partial charge in [0, 0.05) is 11.1 Å². The molecule has 1 aliphatic rings. The van der Waals surface area contributed by atoms with Crippen molar-refractivity contribution in [2.45, 2.75) is 26.2 Å². The van der Waals surface area contributed by atoms with Crippen molar-refractivity contribution < 1.29 is 15.0 Å². The topological polar surface area (TPSA) is 60.8 Å². The van der Waals surface area contributed by atoms with Gasteiger partial charge in [0.1, 0.15) is 0 Å². The Morgan fingerprint density at radius 3 is 2.56 bits per heavy atom. The minimum Gasteiger partial charge on any atom is -0.504 e. The van der Waals surface area contributed by atoms with Crippen molar-refractivity contribution in [3.8, 4) is 11.5 Å². The highest BCUT2D eigenvalue weighted by molar-refractivity contribution is 5.99. The third-order valence-corrected chi connectivity index (χ3v) is 3.53. The Bertz CT molecular complexity index is 451. The number of hydrogen-bond donors (Lipinski definition) is 2. The van der Waals surface area contributed by atoms with Crippen molar-refractivity contribution in [1.82, 2.24) is 4.90 Å². The number of likely N-dealkylation sites (tertiary alicyclic amines) is 1. The average molecular weight is 249 g/mol. The van der Waals surface area contributed by atoms with Gasteiger partial charge < -0.3 is 10.2 Å². The molecule has 18 heavy (non-hydrogen) atoms. The molecule has 0 atom stereocenters. The van der Waals surface area contributed by atoms with Crippen LogP contribution < -0.4 is 0 Å². The van der Waals surface area contributed by atoms with Gasteiger partial charge in [-0.3, -0.25) is 9.69 Å². The van der Waals surface area contributed by atoms with Crippen LogP contribution >= 0.6 is 0 Å². The molecule has 0 amide bonds. The van der Waals surface area contributed by atoms with Gasteiger partial charge in [0.2, 0.25) is 0 Å². The highest BCUT2D eigenvalue weighted by Crippen LogP contribution is 2.30. The van der Waals surface area contributed by atoms with Gasteiger partial charge in [0.15, 0.2) is 17.3 Å². The Balaban J connectivity index is 2.11. The lowest BCUT2D eigenvalue weighted by Gasteiger charge is -2.25. The number of hydrogen-bond acceptors (Lipinski definition) is 4. The van der Waals surface area contributed by atoms with Gasteiger partial charge >= 0.3 is 0 Å². The van der Waals surface area contributed by atoms with Crippen molar-refractivity contribution in [3.63, 3.8) is 0 Å². The molecule has 0 aromatic heterocycles. The number of carbonyl (C=O) groups excluding carboxylic acids is 1. The number of nitrogens with zero attached hydrogens (tertiary/aromatic N) is 1. The molecule has 0 aliphatic carbocycles. The SMILES string of the molecule is Cc1c(C(=O)CN2CCCCC2)ccc(O)c1O. The molecule has 1 aromatic carbocycles. The molecule has 0 radical (unpaired) electrons. The first-order chi connectivity index (χ1) is 8.59. The van der Waals surface area contributed by atoms with Crippen LogP contribution in [0.25, 0.3) is 0 Å². The molecule has 1 fully saturated rings. The molecule has 4 heteroatoms. The van der Waals surface area contributed by atoms with E-state index in [-0.39, 0.29) is 17.3 Å². The molecular weight excluding hydrogens is 230 g/mol. The Labute approximate surface area is 107 Å². The van der Waals surface area contributed by atoms with Crippen LogP contribution in [0.5, 0.6) is 11.5 Å². The van der Waals surface area contributed by atoms with E-state index in [1.807, 2.05) is 0 Å². The molecule has 1 heterocycles. The zero-order valence-electron chi connectivity index (χ0n) is 10.6. The number of carbonyl (C=O) groups is 1. The highest BCUT2D eigenvalue weighted by Gasteiger charge is 2.18. The van der Waals surface area contributed by atoms with Crippen molar-refractivity contribution in [3.05, 3.63) is 23.3 Å². The second-order valence-corrected chi connectivity index (χ2v) is 4.87. The fourth-order valence-corrected chi connectivity index (χ4v) is 2.39. The van der Waals surface area contributed by atoms with Crippen LogP contribution in [0.1, 0.15) is 35.2 Å². The van der Waals surface area contributed by atoms with Crippen LogP contribution in [-0.2, 0) is 0 Å². The van der Waals surface area contributed by atoms with E-state index in [0.717, 1.165) is 25.9 Å². The van der Waals surface area contributed by atoms with E-state index in [2.05, 4.69) is 4.90 Å². The van der Waals surface area contributed by atoms with Gasteiger partial charge in [-0.15, -0.1) is 0 Å². The number of rotatable bonds is 3.